The monoisotopic (exact) mass is 382 g/mol. The van der Waals surface area contributed by atoms with Crippen LogP contribution >= 0.6 is 0 Å². The molecule has 0 aliphatic carbocycles. The Hall–Kier alpha value is -1.98. The molecule has 0 bridgehead atoms. The summed E-state index contributed by atoms with van der Waals surface area (Å²) in [5.74, 6) is 1.19. The van der Waals surface area contributed by atoms with Crippen molar-refractivity contribution < 1.29 is 8.42 Å². The Morgan fingerprint density at radius 1 is 1.31 bits per heavy atom. The zero-order valence-corrected chi connectivity index (χ0v) is 16.3. The molecule has 144 valence electrons. The summed E-state index contributed by atoms with van der Waals surface area (Å²) in [6, 6.07) is 0.313. The average Bonchev–Trinajstić information content (AvgIpc) is 2.86. The fourth-order valence-electron chi connectivity index (χ4n) is 2.88. The predicted octanol–water partition coefficient (Wildman–Crippen LogP) is -0.489. The zero-order chi connectivity index (χ0) is 18.9. The molecule has 1 aliphatic rings. The van der Waals surface area contributed by atoms with Crippen LogP contribution in [0.1, 0.15) is 13.8 Å². The van der Waals surface area contributed by atoms with Gasteiger partial charge in [0, 0.05) is 38.8 Å². The predicted molar refractivity (Wildman–Crippen MR) is 102 cm³/mol. The first-order chi connectivity index (χ1) is 12.3. The molecule has 0 saturated carbocycles. The van der Waals surface area contributed by atoms with Gasteiger partial charge in [-0.3, -0.25) is 4.68 Å². The molecule has 2 aromatic heterocycles. The van der Waals surface area contributed by atoms with Gasteiger partial charge in [-0.05, 0) is 20.9 Å². The van der Waals surface area contributed by atoms with Crippen LogP contribution in [0, 0.1) is 0 Å². The molecule has 0 spiro atoms. The van der Waals surface area contributed by atoms with E-state index in [1.54, 1.807) is 24.7 Å². The lowest BCUT2D eigenvalue weighted by atomic mass is 10.1. The number of sulfonamides is 1. The van der Waals surface area contributed by atoms with E-state index in [0.717, 1.165) is 24.1 Å². The summed E-state index contributed by atoms with van der Waals surface area (Å²) in [4.78, 5) is 11.3. The molecular weight excluding hydrogens is 356 g/mol. The van der Waals surface area contributed by atoms with Crippen LogP contribution in [0.3, 0.4) is 0 Å². The van der Waals surface area contributed by atoms with Crippen molar-refractivity contribution in [2.24, 2.45) is 7.05 Å². The zero-order valence-electron chi connectivity index (χ0n) is 15.5. The lowest BCUT2D eigenvalue weighted by Gasteiger charge is -2.39. The molecular formula is C15H26N8O2S. The standard InChI is InChI=1S/C15H26N8O2S/c1-10(2)21-26(24,25)6-5-17-14-13-12(7-18-22(13)4)19-15(20-14)23-8-11(9-23)16-3/h7,10-11,16,21H,5-6,8-9H2,1-4H3,(H,17,19,20). The molecule has 1 fully saturated rings. The van der Waals surface area contributed by atoms with Gasteiger partial charge in [0.2, 0.25) is 16.0 Å². The van der Waals surface area contributed by atoms with E-state index in [-0.39, 0.29) is 18.3 Å². The summed E-state index contributed by atoms with van der Waals surface area (Å²) in [6.45, 7) is 5.53. The number of aryl methyl sites for hydroxylation is 1. The van der Waals surface area contributed by atoms with Crippen LogP contribution in [-0.4, -0.2) is 72.7 Å². The summed E-state index contributed by atoms with van der Waals surface area (Å²) in [5, 5.41) is 10.6. The third kappa shape index (κ3) is 4.05. The highest BCUT2D eigenvalue weighted by Gasteiger charge is 2.28. The Morgan fingerprint density at radius 2 is 2.04 bits per heavy atom. The first kappa shape index (κ1) is 18.8. The maximum absolute atomic E-state index is 12.0. The molecule has 11 heteroatoms. The van der Waals surface area contributed by atoms with Crippen LogP contribution in [0.25, 0.3) is 11.0 Å². The van der Waals surface area contributed by atoms with Crippen molar-refractivity contribution in [2.75, 3.05) is 42.7 Å². The van der Waals surface area contributed by atoms with Crippen LogP contribution in [0.4, 0.5) is 11.8 Å². The summed E-state index contributed by atoms with van der Waals surface area (Å²) in [5.41, 5.74) is 1.49. The minimum Gasteiger partial charge on any atom is -0.367 e. The highest BCUT2D eigenvalue weighted by atomic mass is 32.2. The van der Waals surface area contributed by atoms with Gasteiger partial charge in [0.1, 0.15) is 11.0 Å². The molecule has 1 aliphatic heterocycles. The normalized spacial score (nSPS) is 15.7. The Morgan fingerprint density at radius 3 is 2.69 bits per heavy atom. The summed E-state index contributed by atoms with van der Waals surface area (Å²) >= 11 is 0. The molecule has 0 amide bonds. The largest absolute Gasteiger partial charge is 0.367 e. The maximum atomic E-state index is 12.0. The van der Waals surface area contributed by atoms with E-state index in [4.69, 9.17) is 0 Å². The van der Waals surface area contributed by atoms with Crippen LogP contribution in [0.2, 0.25) is 0 Å². The van der Waals surface area contributed by atoms with Gasteiger partial charge < -0.3 is 15.5 Å². The lowest BCUT2D eigenvalue weighted by molar-refractivity contribution is 0.444. The van der Waals surface area contributed by atoms with E-state index in [2.05, 4.69) is 35.3 Å². The molecule has 10 nitrogen and oxygen atoms in total. The van der Waals surface area contributed by atoms with Crippen LogP contribution < -0.4 is 20.3 Å². The molecule has 3 heterocycles. The number of fused-ring (bicyclic) bond motifs is 1. The van der Waals surface area contributed by atoms with E-state index in [1.807, 2.05) is 14.1 Å². The molecule has 26 heavy (non-hydrogen) atoms. The van der Waals surface area contributed by atoms with Crippen LogP contribution in [0.5, 0.6) is 0 Å². The van der Waals surface area contributed by atoms with Crippen molar-refractivity contribution in [3.63, 3.8) is 0 Å². The number of rotatable bonds is 8. The van der Waals surface area contributed by atoms with E-state index < -0.39 is 10.0 Å². The second-order valence-corrected chi connectivity index (χ2v) is 8.66. The molecule has 0 radical (unpaired) electrons. The molecule has 0 aromatic carbocycles. The van der Waals surface area contributed by atoms with Crippen LogP contribution in [0.15, 0.2) is 6.20 Å². The summed E-state index contributed by atoms with van der Waals surface area (Å²) in [6.07, 6.45) is 1.69. The molecule has 1 saturated heterocycles. The van der Waals surface area contributed by atoms with Gasteiger partial charge in [0.15, 0.2) is 5.82 Å². The minimum absolute atomic E-state index is 0.0323. The third-order valence-corrected chi connectivity index (χ3v) is 5.80. The molecule has 3 N–H and O–H groups in total. The second-order valence-electron chi connectivity index (χ2n) is 6.78. The van der Waals surface area contributed by atoms with Crippen molar-refractivity contribution in [2.45, 2.75) is 25.9 Å². The van der Waals surface area contributed by atoms with Crippen molar-refractivity contribution in [3.05, 3.63) is 6.20 Å². The first-order valence-electron chi connectivity index (χ1n) is 8.65. The number of anilines is 2. The minimum atomic E-state index is -3.33. The third-order valence-electron chi connectivity index (χ3n) is 4.23. The topological polar surface area (TPSA) is 117 Å². The molecule has 0 unspecified atom stereocenters. The molecule has 2 aromatic rings. The SMILES string of the molecule is CNC1CN(c2nc(NCCS(=O)(=O)NC(C)C)c3c(cnn3C)n2)C1. The van der Waals surface area contributed by atoms with Crippen LogP contribution in [-0.2, 0) is 17.1 Å². The van der Waals surface area contributed by atoms with Crippen molar-refractivity contribution in [1.82, 2.24) is 29.8 Å². The van der Waals surface area contributed by atoms with E-state index in [1.165, 1.54) is 0 Å². The maximum Gasteiger partial charge on any atom is 0.228 e. The lowest BCUT2D eigenvalue weighted by Crippen LogP contribution is -2.57. The van der Waals surface area contributed by atoms with E-state index >= 15 is 0 Å². The number of hydrogen-bond acceptors (Lipinski definition) is 8. The van der Waals surface area contributed by atoms with Crippen molar-refractivity contribution in [1.29, 1.82) is 0 Å². The Labute approximate surface area is 153 Å². The number of nitrogens with one attached hydrogen (secondary N) is 3. The average molecular weight is 382 g/mol. The van der Waals surface area contributed by atoms with E-state index in [0.29, 0.717) is 17.8 Å². The molecule has 0 atom stereocenters. The fourth-order valence-corrected chi connectivity index (χ4v) is 4.09. The highest BCUT2D eigenvalue weighted by Crippen LogP contribution is 2.25. The Kier molecular flexibility index (Phi) is 5.30. The van der Waals surface area contributed by atoms with Gasteiger partial charge in [-0.1, -0.05) is 0 Å². The highest BCUT2D eigenvalue weighted by molar-refractivity contribution is 7.89. The first-order valence-corrected chi connectivity index (χ1v) is 10.3. The van der Waals surface area contributed by atoms with Gasteiger partial charge in [0.25, 0.3) is 0 Å². The van der Waals surface area contributed by atoms with Crippen molar-refractivity contribution in [3.8, 4) is 0 Å². The van der Waals surface area contributed by atoms with E-state index in [9.17, 15) is 8.42 Å². The summed E-state index contributed by atoms with van der Waals surface area (Å²) in [7, 11) is 0.421. The van der Waals surface area contributed by atoms with Gasteiger partial charge in [-0.25, -0.2) is 18.1 Å². The second kappa shape index (κ2) is 7.33. The smallest absolute Gasteiger partial charge is 0.228 e. The Bertz CT molecular complexity index is 873. The van der Waals surface area contributed by atoms with Gasteiger partial charge in [-0.15, -0.1) is 0 Å². The number of hydrogen-bond donors (Lipinski definition) is 3. The Balaban J connectivity index is 1.77. The van der Waals surface area contributed by atoms with Gasteiger partial charge in [-0.2, -0.15) is 10.1 Å². The number of aromatic nitrogens is 4. The quantitative estimate of drug-likeness (QED) is 0.560. The van der Waals surface area contributed by atoms with Gasteiger partial charge in [0.05, 0.1) is 11.9 Å². The molecule has 3 rings (SSSR count). The number of likely N-dealkylation sites (N-methyl/N-ethyl adjacent to an activating group) is 1. The number of nitrogens with zero attached hydrogens (tertiary/aromatic N) is 5. The van der Waals surface area contributed by atoms with Crippen molar-refractivity contribution >= 4 is 32.8 Å². The van der Waals surface area contributed by atoms with Gasteiger partial charge >= 0.3 is 0 Å². The fraction of sp³-hybridized carbons (Fsp3) is 0.667. The summed E-state index contributed by atoms with van der Waals surface area (Å²) < 4.78 is 28.3.